The van der Waals surface area contributed by atoms with Gasteiger partial charge in [0.2, 0.25) is 11.8 Å². The van der Waals surface area contributed by atoms with Gasteiger partial charge < -0.3 is 9.80 Å². The Morgan fingerprint density at radius 1 is 1.32 bits per heavy atom. The molecular formula is C16H22N2O2S2. The summed E-state index contributed by atoms with van der Waals surface area (Å²) in [6.45, 7) is 6.27. The zero-order valence-electron chi connectivity index (χ0n) is 13.1. The third-order valence-corrected chi connectivity index (χ3v) is 6.42. The molecule has 1 aromatic rings. The summed E-state index contributed by atoms with van der Waals surface area (Å²) < 4.78 is 1.18. The second-order valence-electron chi connectivity index (χ2n) is 6.34. The van der Waals surface area contributed by atoms with Gasteiger partial charge in [-0.15, -0.1) is 23.1 Å². The van der Waals surface area contributed by atoms with E-state index in [4.69, 9.17) is 0 Å². The molecule has 4 nitrogen and oxygen atoms in total. The summed E-state index contributed by atoms with van der Waals surface area (Å²) in [4.78, 5) is 29.6. The Morgan fingerprint density at radius 2 is 2.05 bits per heavy atom. The zero-order valence-corrected chi connectivity index (χ0v) is 14.8. The normalized spacial score (nSPS) is 18.2. The molecule has 1 fully saturated rings. The molecule has 0 atom stereocenters. The fourth-order valence-electron chi connectivity index (χ4n) is 2.92. The predicted molar refractivity (Wildman–Crippen MR) is 91.8 cm³/mol. The van der Waals surface area contributed by atoms with Crippen LogP contribution in [-0.4, -0.2) is 42.1 Å². The van der Waals surface area contributed by atoms with Crippen LogP contribution in [0.3, 0.4) is 0 Å². The number of amides is 2. The molecule has 0 bridgehead atoms. The van der Waals surface area contributed by atoms with Crippen molar-refractivity contribution in [1.29, 1.82) is 0 Å². The van der Waals surface area contributed by atoms with Gasteiger partial charge in [-0.1, -0.05) is 13.8 Å². The average Bonchev–Trinajstić information content (AvgIpc) is 3.10. The zero-order chi connectivity index (χ0) is 15.7. The van der Waals surface area contributed by atoms with Gasteiger partial charge in [-0.3, -0.25) is 9.59 Å². The topological polar surface area (TPSA) is 40.6 Å². The van der Waals surface area contributed by atoms with Gasteiger partial charge in [0.1, 0.15) is 6.54 Å². The van der Waals surface area contributed by atoms with Gasteiger partial charge in [0.05, 0.1) is 15.6 Å². The molecule has 6 heteroatoms. The lowest BCUT2D eigenvalue weighted by molar-refractivity contribution is -0.130. The number of thiophene rings is 1. The third kappa shape index (κ3) is 3.33. The van der Waals surface area contributed by atoms with E-state index in [2.05, 4.69) is 19.9 Å². The lowest BCUT2D eigenvalue weighted by Crippen LogP contribution is -2.43. The monoisotopic (exact) mass is 338 g/mol. The van der Waals surface area contributed by atoms with E-state index in [1.807, 2.05) is 4.90 Å². The van der Waals surface area contributed by atoms with Crippen molar-refractivity contribution in [3.05, 3.63) is 10.9 Å². The predicted octanol–water partition coefficient (Wildman–Crippen LogP) is 3.01. The van der Waals surface area contributed by atoms with Gasteiger partial charge in [-0.25, -0.2) is 0 Å². The lowest BCUT2D eigenvalue weighted by atomic mass is 10.1. The Balaban J connectivity index is 1.77. The van der Waals surface area contributed by atoms with Gasteiger partial charge in [0, 0.05) is 18.0 Å². The van der Waals surface area contributed by atoms with Crippen LogP contribution < -0.4 is 4.90 Å². The molecule has 2 aliphatic rings. The smallest absolute Gasteiger partial charge is 0.242 e. The molecule has 3 heterocycles. The Morgan fingerprint density at radius 3 is 2.73 bits per heavy atom. The molecule has 0 N–H and O–H groups in total. The summed E-state index contributed by atoms with van der Waals surface area (Å²) >= 11 is 3.38. The van der Waals surface area contributed by atoms with E-state index < -0.39 is 0 Å². The molecule has 0 spiro atoms. The standard InChI is InChI=1S/C16H22N2O2S2/c1-11(2)7-12-8-13-16(22-12)21-10-15(20)18(13)9-14(19)17-5-3-4-6-17/h8,11H,3-7,9-10H2,1-2H3. The number of hydrogen-bond acceptors (Lipinski definition) is 4. The highest BCUT2D eigenvalue weighted by atomic mass is 32.2. The lowest BCUT2D eigenvalue weighted by Gasteiger charge is -2.27. The van der Waals surface area contributed by atoms with E-state index in [-0.39, 0.29) is 18.4 Å². The van der Waals surface area contributed by atoms with Crippen LogP contribution in [0, 0.1) is 5.92 Å². The van der Waals surface area contributed by atoms with Gasteiger partial charge in [-0.05, 0) is 31.2 Å². The van der Waals surface area contributed by atoms with Crippen LogP contribution in [0.4, 0.5) is 5.69 Å². The van der Waals surface area contributed by atoms with Crippen LogP contribution >= 0.6 is 23.1 Å². The maximum atomic E-state index is 12.4. The minimum Gasteiger partial charge on any atom is -0.341 e. The quantitative estimate of drug-likeness (QED) is 0.847. The number of anilines is 1. The molecule has 2 amide bonds. The number of likely N-dealkylation sites (tertiary alicyclic amines) is 1. The van der Waals surface area contributed by atoms with Crippen molar-refractivity contribution in [2.24, 2.45) is 5.92 Å². The van der Waals surface area contributed by atoms with E-state index in [0.717, 1.165) is 38.0 Å². The summed E-state index contributed by atoms with van der Waals surface area (Å²) in [5.41, 5.74) is 0.953. The molecule has 0 aromatic carbocycles. The van der Waals surface area contributed by atoms with E-state index >= 15 is 0 Å². The van der Waals surface area contributed by atoms with Crippen LogP contribution in [-0.2, 0) is 16.0 Å². The van der Waals surface area contributed by atoms with E-state index in [9.17, 15) is 9.59 Å². The molecule has 2 aliphatic heterocycles. The average molecular weight is 338 g/mol. The second-order valence-corrected chi connectivity index (χ2v) is 8.72. The SMILES string of the molecule is CC(C)Cc1cc2c(s1)SCC(=O)N2CC(=O)N1CCCC1. The third-order valence-electron chi connectivity index (χ3n) is 4.01. The van der Waals surface area contributed by atoms with Crippen molar-refractivity contribution in [3.63, 3.8) is 0 Å². The number of thioether (sulfide) groups is 1. The summed E-state index contributed by atoms with van der Waals surface area (Å²) in [5.74, 6) is 1.18. The van der Waals surface area contributed by atoms with Gasteiger partial charge in [0.15, 0.2) is 0 Å². The van der Waals surface area contributed by atoms with Crippen molar-refractivity contribution in [2.75, 3.05) is 30.3 Å². The maximum Gasteiger partial charge on any atom is 0.242 e. The van der Waals surface area contributed by atoms with Gasteiger partial charge in [-0.2, -0.15) is 0 Å². The van der Waals surface area contributed by atoms with Crippen molar-refractivity contribution >= 4 is 40.6 Å². The number of carbonyl (C=O) groups excluding carboxylic acids is 2. The van der Waals surface area contributed by atoms with Crippen LogP contribution in [0.25, 0.3) is 0 Å². The highest BCUT2D eigenvalue weighted by Crippen LogP contribution is 2.42. The van der Waals surface area contributed by atoms with Crippen molar-refractivity contribution in [3.8, 4) is 0 Å². The first-order chi connectivity index (χ1) is 10.5. The molecule has 0 radical (unpaired) electrons. The van der Waals surface area contributed by atoms with Crippen LogP contribution in [0.2, 0.25) is 0 Å². The van der Waals surface area contributed by atoms with Crippen LogP contribution in [0.1, 0.15) is 31.6 Å². The molecule has 0 saturated carbocycles. The van der Waals surface area contributed by atoms with Crippen molar-refractivity contribution in [1.82, 2.24) is 4.90 Å². The first kappa shape index (κ1) is 15.9. The fraction of sp³-hybridized carbons (Fsp3) is 0.625. The highest BCUT2D eigenvalue weighted by molar-refractivity contribution is 8.02. The fourth-order valence-corrected chi connectivity index (χ4v) is 5.48. The molecule has 1 saturated heterocycles. The van der Waals surface area contributed by atoms with E-state index in [0.29, 0.717) is 11.7 Å². The van der Waals surface area contributed by atoms with Gasteiger partial charge >= 0.3 is 0 Å². The Bertz CT molecular complexity index is 577. The molecule has 0 unspecified atom stereocenters. The molecule has 22 heavy (non-hydrogen) atoms. The largest absolute Gasteiger partial charge is 0.341 e. The molecule has 120 valence electrons. The number of fused-ring (bicyclic) bond motifs is 1. The van der Waals surface area contributed by atoms with Crippen molar-refractivity contribution in [2.45, 2.75) is 37.3 Å². The first-order valence-electron chi connectivity index (χ1n) is 7.88. The Hall–Kier alpha value is -1.01. The van der Waals surface area contributed by atoms with Gasteiger partial charge in [0.25, 0.3) is 0 Å². The molecule has 1 aromatic heterocycles. The summed E-state index contributed by atoms with van der Waals surface area (Å²) in [6.07, 6.45) is 3.19. The van der Waals surface area contributed by atoms with E-state index in [1.54, 1.807) is 28.0 Å². The van der Waals surface area contributed by atoms with Crippen molar-refractivity contribution < 1.29 is 9.59 Å². The number of rotatable bonds is 4. The molecule has 0 aliphatic carbocycles. The molecule has 3 rings (SSSR count). The van der Waals surface area contributed by atoms with Crippen LogP contribution in [0.5, 0.6) is 0 Å². The number of carbonyl (C=O) groups is 2. The minimum absolute atomic E-state index is 0.0546. The minimum atomic E-state index is 0.0546. The van der Waals surface area contributed by atoms with Crippen LogP contribution in [0.15, 0.2) is 10.3 Å². The molecular weight excluding hydrogens is 316 g/mol. The summed E-state index contributed by atoms with van der Waals surface area (Å²) in [6, 6.07) is 2.11. The number of nitrogens with zero attached hydrogens (tertiary/aromatic N) is 2. The maximum absolute atomic E-state index is 12.4. The first-order valence-corrected chi connectivity index (χ1v) is 9.68. The Labute approximate surface area is 139 Å². The second kappa shape index (κ2) is 6.62. The Kier molecular flexibility index (Phi) is 4.78. The highest BCUT2D eigenvalue weighted by Gasteiger charge is 2.30. The van der Waals surface area contributed by atoms with E-state index in [1.165, 1.54) is 9.09 Å². The number of hydrogen-bond donors (Lipinski definition) is 0. The summed E-state index contributed by atoms with van der Waals surface area (Å²) in [5, 5.41) is 0. The summed E-state index contributed by atoms with van der Waals surface area (Å²) in [7, 11) is 0.